The lowest BCUT2D eigenvalue weighted by molar-refractivity contribution is -0.149. The zero-order chi connectivity index (χ0) is 21.9. The number of fused-ring (bicyclic) bond motifs is 3. The van der Waals surface area contributed by atoms with Gasteiger partial charge in [-0.15, -0.1) is 0 Å². The van der Waals surface area contributed by atoms with E-state index in [4.69, 9.17) is 14.2 Å². The molecule has 2 aliphatic heterocycles. The van der Waals surface area contributed by atoms with Crippen LogP contribution in [-0.4, -0.2) is 41.1 Å². The number of rotatable bonds is 2. The van der Waals surface area contributed by atoms with Crippen LogP contribution in [0, 0.1) is 5.41 Å². The molecule has 0 spiro atoms. The van der Waals surface area contributed by atoms with E-state index in [1.165, 1.54) is 0 Å². The zero-order valence-corrected chi connectivity index (χ0v) is 16.8. The number of hydrogen-bond donors (Lipinski definition) is 1. The number of cyclic esters (lactones) is 1. The number of Topliss-reactive ketones (excluding diaryl/α,β-unsaturated/α-hetero) is 1. The lowest BCUT2D eigenvalue weighted by Crippen LogP contribution is -2.52. The van der Waals surface area contributed by atoms with Gasteiger partial charge < -0.3 is 19.3 Å². The van der Waals surface area contributed by atoms with Gasteiger partial charge in [0.05, 0.1) is 11.7 Å². The molecule has 2 unspecified atom stereocenters. The minimum absolute atomic E-state index is 0.0257. The summed E-state index contributed by atoms with van der Waals surface area (Å²) in [5, 5.41) is 12.7. The maximum atomic E-state index is 13.0. The summed E-state index contributed by atoms with van der Waals surface area (Å²) in [7, 11) is 0. The smallest absolute Gasteiger partial charge is 0.351 e. The first-order valence-corrected chi connectivity index (χ1v) is 10.0. The molecule has 0 amide bonds. The predicted molar refractivity (Wildman–Crippen MR) is 109 cm³/mol. The van der Waals surface area contributed by atoms with Crippen LogP contribution in [0.5, 0.6) is 0 Å². The van der Waals surface area contributed by atoms with E-state index in [1.54, 1.807) is 19.1 Å². The van der Waals surface area contributed by atoms with Crippen molar-refractivity contribution in [3.63, 3.8) is 0 Å². The maximum Gasteiger partial charge on any atom is 0.351 e. The lowest BCUT2D eigenvalue weighted by atomic mass is 9.68. The lowest BCUT2D eigenvalue weighted by Gasteiger charge is -2.42. The fraction of sp³-hybridized carbons (Fsp3) is 0.292. The molecule has 0 radical (unpaired) electrons. The Kier molecular flexibility index (Phi) is 4.27. The van der Waals surface area contributed by atoms with Gasteiger partial charge in [0, 0.05) is 11.8 Å². The van der Waals surface area contributed by atoms with Crippen molar-refractivity contribution >= 4 is 28.5 Å². The average molecular weight is 420 g/mol. The first-order chi connectivity index (χ1) is 14.8. The fourth-order valence-electron chi connectivity index (χ4n) is 4.64. The van der Waals surface area contributed by atoms with Gasteiger partial charge in [0.15, 0.2) is 23.4 Å². The number of carbonyl (C=O) groups excluding carboxylic acids is 3. The molecule has 5 rings (SSSR count). The Morgan fingerprint density at radius 2 is 1.90 bits per heavy atom. The van der Waals surface area contributed by atoms with E-state index in [0.29, 0.717) is 5.56 Å². The van der Waals surface area contributed by atoms with Crippen molar-refractivity contribution in [3.8, 4) is 0 Å². The standard InChI is InChI=1S/C24H20O7/c1-12-19-18(23(28)29-12)21(26)24(2)10-16(25)20(17(11-24)30-19)31-22(27)15-8-7-13-5-3-4-6-14(13)9-15/h3-9,16-17,20,25H,1,10-11H2,2H3/t16?,17-,20?,24-/m0/s1. The summed E-state index contributed by atoms with van der Waals surface area (Å²) in [6.45, 7) is 5.30. The topological polar surface area (TPSA) is 99.1 Å². The number of carbonyl (C=O) groups is 3. The number of aliphatic hydroxyl groups is 1. The van der Waals surface area contributed by atoms with E-state index < -0.39 is 41.4 Å². The molecule has 158 valence electrons. The summed E-state index contributed by atoms with van der Waals surface area (Å²) in [4.78, 5) is 38.1. The van der Waals surface area contributed by atoms with Gasteiger partial charge in [-0.1, -0.05) is 43.8 Å². The number of benzene rings is 2. The zero-order valence-electron chi connectivity index (χ0n) is 16.8. The number of hydrogen-bond acceptors (Lipinski definition) is 7. The Hall–Kier alpha value is -3.45. The van der Waals surface area contributed by atoms with Crippen molar-refractivity contribution in [1.29, 1.82) is 0 Å². The van der Waals surface area contributed by atoms with Crippen molar-refractivity contribution < 1.29 is 33.7 Å². The second-order valence-electron chi connectivity index (χ2n) is 8.47. The third-order valence-corrected chi connectivity index (χ3v) is 6.23. The molecule has 7 heteroatoms. The molecular formula is C24H20O7. The number of ketones is 1. The highest BCUT2D eigenvalue weighted by Crippen LogP contribution is 2.47. The molecular weight excluding hydrogens is 400 g/mol. The van der Waals surface area contributed by atoms with Crippen molar-refractivity contribution in [2.24, 2.45) is 5.41 Å². The van der Waals surface area contributed by atoms with E-state index in [-0.39, 0.29) is 29.9 Å². The van der Waals surface area contributed by atoms with Crippen LogP contribution in [0.25, 0.3) is 10.8 Å². The van der Waals surface area contributed by atoms with E-state index in [2.05, 4.69) is 6.58 Å². The van der Waals surface area contributed by atoms with Gasteiger partial charge in [0.2, 0.25) is 0 Å². The summed E-state index contributed by atoms with van der Waals surface area (Å²) < 4.78 is 16.5. The van der Waals surface area contributed by atoms with Crippen LogP contribution < -0.4 is 0 Å². The van der Waals surface area contributed by atoms with Gasteiger partial charge in [-0.2, -0.15) is 0 Å². The molecule has 1 fully saturated rings. The summed E-state index contributed by atoms with van der Waals surface area (Å²) in [5.41, 5.74) is -0.896. The predicted octanol–water partition coefficient (Wildman–Crippen LogP) is 2.82. The Balaban J connectivity index is 1.45. The van der Waals surface area contributed by atoms with Gasteiger partial charge >= 0.3 is 11.9 Å². The van der Waals surface area contributed by atoms with Gasteiger partial charge in [0.1, 0.15) is 11.7 Å². The largest absolute Gasteiger partial charge is 0.481 e. The van der Waals surface area contributed by atoms with E-state index >= 15 is 0 Å². The highest BCUT2D eigenvalue weighted by atomic mass is 16.6. The Bertz CT molecular complexity index is 1190. The number of ether oxygens (including phenoxy) is 3. The Labute approximate surface area is 177 Å². The van der Waals surface area contributed by atoms with E-state index in [9.17, 15) is 19.5 Å². The third kappa shape index (κ3) is 3.04. The number of aliphatic hydroxyl groups excluding tert-OH is 1. The SMILES string of the molecule is C=C1OC(=O)C2=C1O[C@H]1C[C@](C)(CC(O)C1OC(=O)c1ccc3ccccc3c1)C2=O. The molecule has 3 aliphatic rings. The molecule has 2 heterocycles. The molecule has 0 aromatic heterocycles. The van der Waals surface area contributed by atoms with Crippen LogP contribution in [0.1, 0.15) is 30.1 Å². The van der Waals surface area contributed by atoms with Crippen LogP contribution in [0.4, 0.5) is 0 Å². The quantitative estimate of drug-likeness (QED) is 0.589. The Morgan fingerprint density at radius 1 is 1.16 bits per heavy atom. The van der Waals surface area contributed by atoms with Crippen LogP contribution in [0.15, 0.2) is 66.1 Å². The first-order valence-electron chi connectivity index (χ1n) is 10.0. The number of esters is 2. The molecule has 1 aliphatic carbocycles. The molecule has 7 nitrogen and oxygen atoms in total. The summed E-state index contributed by atoms with van der Waals surface area (Å²) >= 11 is 0. The van der Waals surface area contributed by atoms with Gasteiger partial charge in [-0.25, -0.2) is 9.59 Å². The normalized spacial score (nSPS) is 29.9. The van der Waals surface area contributed by atoms with Crippen LogP contribution >= 0.6 is 0 Å². The van der Waals surface area contributed by atoms with Gasteiger partial charge in [-0.05, 0) is 29.3 Å². The van der Waals surface area contributed by atoms with Crippen molar-refractivity contribution in [1.82, 2.24) is 0 Å². The molecule has 2 bridgehead atoms. The van der Waals surface area contributed by atoms with Crippen LogP contribution in [0.2, 0.25) is 0 Å². The first kappa shape index (κ1) is 19.5. The van der Waals surface area contributed by atoms with Crippen molar-refractivity contribution in [2.45, 2.75) is 38.1 Å². The fourth-order valence-corrected chi connectivity index (χ4v) is 4.64. The third-order valence-electron chi connectivity index (χ3n) is 6.23. The minimum atomic E-state index is -1.14. The molecule has 1 N–H and O–H groups in total. The highest BCUT2D eigenvalue weighted by molar-refractivity contribution is 6.22. The van der Waals surface area contributed by atoms with E-state index in [1.807, 2.05) is 30.3 Å². The van der Waals surface area contributed by atoms with Gasteiger partial charge in [-0.3, -0.25) is 4.79 Å². The average Bonchev–Trinajstić information content (AvgIpc) is 2.96. The summed E-state index contributed by atoms with van der Waals surface area (Å²) in [6.07, 6.45) is -2.78. The van der Waals surface area contributed by atoms with E-state index in [0.717, 1.165) is 10.8 Å². The Morgan fingerprint density at radius 3 is 2.68 bits per heavy atom. The second-order valence-corrected chi connectivity index (χ2v) is 8.47. The van der Waals surface area contributed by atoms with Crippen molar-refractivity contribution in [3.05, 3.63) is 71.7 Å². The van der Waals surface area contributed by atoms with Crippen LogP contribution in [0.3, 0.4) is 0 Å². The molecule has 31 heavy (non-hydrogen) atoms. The summed E-state index contributed by atoms with van der Waals surface area (Å²) in [5.74, 6) is -1.96. The highest BCUT2D eigenvalue weighted by Gasteiger charge is 2.56. The summed E-state index contributed by atoms with van der Waals surface area (Å²) in [6, 6.07) is 12.8. The molecule has 2 aromatic carbocycles. The minimum Gasteiger partial charge on any atom is -0.481 e. The second kappa shape index (κ2) is 6.78. The molecule has 4 atom stereocenters. The monoisotopic (exact) mass is 420 g/mol. The maximum absolute atomic E-state index is 13.0. The van der Waals surface area contributed by atoms with Crippen molar-refractivity contribution in [2.75, 3.05) is 0 Å². The van der Waals surface area contributed by atoms with Gasteiger partial charge in [0.25, 0.3) is 0 Å². The molecule has 1 saturated carbocycles. The van der Waals surface area contributed by atoms with Crippen LogP contribution in [-0.2, 0) is 23.8 Å². The molecule has 2 aromatic rings. The molecule has 0 saturated heterocycles.